The molecule has 0 spiro atoms. The van der Waals surface area contributed by atoms with E-state index in [9.17, 15) is 36.6 Å². The number of anilines is 2. The Labute approximate surface area is 194 Å². The Balaban J connectivity index is 1.81. The number of piperidine rings is 1. The predicted octanol–water partition coefficient (Wildman–Crippen LogP) is 3.71. The number of halogens is 3. The van der Waals surface area contributed by atoms with Crippen molar-refractivity contribution in [1.29, 1.82) is 0 Å². The van der Waals surface area contributed by atoms with Crippen LogP contribution in [0.3, 0.4) is 0 Å². The summed E-state index contributed by atoms with van der Waals surface area (Å²) in [5, 5.41) is 19.3. The van der Waals surface area contributed by atoms with Crippen molar-refractivity contribution in [2.24, 2.45) is 0 Å². The van der Waals surface area contributed by atoms with E-state index in [4.69, 9.17) is 4.74 Å². The van der Waals surface area contributed by atoms with Crippen LogP contribution < -0.4 is 14.4 Å². The van der Waals surface area contributed by atoms with Crippen molar-refractivity contribution in [2.75, 3.05) is 16.7 Å². The quantitative estimate of drug-likeness (QED) is 0.554. The molecule has 0 aliphatic carbocycles. The van der Waals surface area contributed by atoms with Gasteiger partial charge in [0, 0.05) is 12.1 Å². The summed E-state index contributed by atoms with van der Waals surface area (Å²) in [6, 6.07) is 5.78. The monoisotopic (exact) mass is 500 g/mol. The summed E-state index contributed by atoms with van der Waals surface area (Å²) in [6.07, 6.45) is -2.92. The van der Waals surface area contributed by atoms with Crippen molar-refractivity contribution in [3.05, 3.63) is 47.5 Å². The van der Waals surface area contributed by atoms with Gasteiger partial charge < -0.3 is 19.8 Å². The summed E-state index contributed by atoms with van der Waals surface area (Å²) in [5.74, 6) is -1.53. The Morgan fingerprint density at radius 3 is 2.32 bits per heavy atom. The molecule has 2 fully saturated rings. The molecule has 2 unspecified atom stereocenters. The Morgan fingerprint density at radius 1 is 1.12 bits per heavy atom. The van der Waals surface area contributed by atoms with Gasteiger partial charge in [-0.05, 0) is 62.1 Å². The molecular formula is C22H23F3N2O6S. The molecule has 0 amide bonds. The molecular weight excluding hydrogens is 477 g/mol. The summed E-state index contributed by atoms with van der Waals surface area (Å²) in [4.78, 5) is 12.7. The van der Waals surface area contributed by atoms with Crippen LogP contribution in [-0.4, -0.2) is 49.9 Å². The number of sulfonamides is 1. The highest BCUT2D eigenvalue weighted by Gasteiger charge is 2.42. The number of rotatable bonds is 6. The Kier molecular flexibility index (Phi) is 6.15. The molecule has 0 saturated carbocycles. The van der Waals surface area contributed by atoms with E-state index in [0.717, 1.165) is 43.2 Å². The topological polar surface area (TPSA) is 116 Å². The minimum absolute atomic E-state index is 0.140. The number of aromatic carboxylic acids is 1. The molecule has 2 atom stereocenters. The maximum absolute atomic E-state index is 13.5. The number of benzene rings is 2. The van der Waals surface area contributed by atoms with Gasteiger partial charge in [-0.2, -0.15) is 13.2 Å². The van der Waals surface area contributed by atoms with E-state index in [0.29, 0.717) is 12.8 Å². The molecule has 3 N–H and O–H groups in total. The molecule has 12 heteroatoms. The van der Waals surface area contributed by atoms with Gasteiger partial charge in [-0.3, -0.25) is 4.72 Å². The molecule has 8 nitrogen and oxygen atoms in total. The Bertz CT molecular complexity index is 1200. The number of carbonyl (C=O) groups is 1. The fourth-order valence-electron chi connectivity index (χ4n) is 4.78. The van der Waals surface area contributed by atoms with Crippen molar-refractivity contribution in [3.63, 3.8) is 0 Å². The highest BCUT2D eigenvalue weighted by Crippen LogP contribution is 2.44. The maximum atomic E-state index is 13.5. The molecule has 2 bridgehead atoms. The molecule has 0 aromatic heterocycles. The molecule has 4 rings (SSSR count). The second kappa shape index (κ2) is 8.66. The van der Waals surface area contributed by atoms with Gasteiger partial charge in [0.05, 0.1) is 35.7 Å². The minimum Gasteiger partial charge on any atom is -0.495 e. The van der Waals surface area contributed by atoms with Crippen LogP contribution in [0, 0.1) is 0 Å². The van der Waals surface area contributed by atoms with Gasteiger partial charge in [0.15, 0.2) is 0 Å². The van der Waals surface area contributed by atoms with Gasteiger partial charge in [-0.25, -0.2) is 13.2 Å². The lowest BCUT2D eigenvalue weighted by molar-refractivity contribution is -0.137. The number of carboxylic acids is 1. The van der Waals surface area contributed by atoms with Gasteiger partial charge >= 0.3 is 12.1 Å². The van der Waals surface area contributed by atoms with Gasteiger partial charge in [0.1, 0.15) is 10.6 Å². The molecule has 2 aromatic carbocycles. The zero-order valence-corrected chi connectivity index (χ0v) is 18.9. The van der Waals surface area contributed by atoms with E-state index in [1.165, 1.54) is 13.2 Å². The third-order valence-corrected chi connectivity index (χ3v) is 7.64. The minimum atomic E-state index is -4.71. The summed E-state index contributed by atoms with van der Waals surface area (Å²) >= 11 is 0. The van der Waals surface area contributed by atoms with Crippen LogP contribution in [-0.2, 0) is 16.2 Å². The van der Waals surface area contributed by atoms with Crippen LogP contribution >= 0.6 is 0 Å². The van der Waals surface area contributed by atoms with Crippen LogP contribution in [0.4, 0.5) is 24.5 Å². The third-order valence-electron chi connectivity index (χ3n) is 6.25. The number of nitrogens with one attached hydrogen (secondary N) is 1. The number of hydrogen-bond acceptors (Lipinski definition) is 6. The lowest BCUT2D eigenvalue weighted by atomic mass is 9.98. The molecule has 0 radical (unpaired) electrons. The molecule has 34 heavy (non-hydrogen) atoms. The number of hydrogen-bond donors (Lipinski definition) is 3. The first-order chi connectivity index (χ1) is 15.9. The summed E-state index contributed by atoms with van der Waals surface area (Å²) < 4.78 is 74.2. The number of fused-ring (bicyclic) bond motifs is 2. The van der Waals surface area contributed by atoms with Crippen molar-refractivity contribution in [2.45, 2.75) is 54.9 Å². The normalized spacial score (nSPS) is 22.5. The van der Waals surface area contributed by atoms with Crippen LogP contribution in [0.15, 0.2) is 41.3 Å². The second-order valence-electron chi connectivity index (χ2n) is 8.42. The van der Waals surface area contributed by atoms with E-state index < -0.39 is 38.7 Å². The lowest BCUT2D eigenvalue weighted by Gasteiger charge is -2.40. The number of ether oxygens (including phenoxy) is 1. The lowest BCUT2D eigenvalue weighted by Crippen LogP contribution is -2.45. The maximum Gasteiger partial charge on any atom is 0.416 e. The first-order valence-electron chi connectivity index (χ1n) is 10.5. The van der Waals surface area contributed by atoms with Crippen molar-refractivity contribution >= 4 is 27.4 Å². The molecule has 2 aromatic rings. The Morgan fingerprint density at radius 2 is 1.76 bits per heavy atom. The first kappa shape index (κ1) is 24.1. The van der Waals surface area contributed by atoms with Gasteiger partial charge in [-0.1, -0.05) is 0 Å². The van der Waals surface area contributed by atoms with E-state index >= 15 is 0 Å². The molecule has 2 saturated heterocycles. The fourth-order valence-corrected chi connectivity index (χ4v) is 6.04. The van der Waals surface area contributed by atoms with Crippen LogP contribution in [0.25, 0.3) is 0 Å². The standard InChI is InChI=1S/C22H23F3N2O6S/c1-33-19-7-2-12(21(29)30)8-20(19)34(31,32)26-17-9-13(22(23,24)25)3-6-18(17)27-14-4-5-15(27)11-16(28)10-14/h2-3,6-9,14-16,26,28H,4-5,10-11H2,1H3,(H,29,30). The van der Waals surface area contributed by atoms with Crippen LogP contribution in [0.5, 0.6) is 5.75 Å². The summed E-state index contributed by atoms with van der Waals surface area (Å²) in [5.41, 5.74) is -1.38. The van der Waals surface area contributed by atoms with Gasteiger partial charge in [-0.15, -0.1) is 0 Å². The van der Waals surface area contributed by atoms with Crippen molar-refractivity contribution in [3.8, 4) is 5.75 Å². The van der Waals surface area contributed by atoms with Crippen LogP contribution in [0.1, 0.15) is 41.6 Å². The fraction of sp³-hybridized carbons (Fsp3) is 0.409. The number of carboxylic acid groups (broad SMARTS) is 1. The highest BCUT2D eigenvalue weighted by molar-refractivity contribution is 7.92. The SMILES string of the molecule is COc1ccc(C(=O)O)cc1S(=O)(=O)Nc1cc(C(F)(F)F)ccc1N1C2CCC1CC(O)C2. The zero-order chi connectivity index (χ0) is 24.8. The van der Waals surface area contributed by atoms with Crippen molar-refractivity contribution < 1.29 is 41.3 Å². The van der Waals surface area contributed by atoms with Gasteiger partial charge in [0.2, 0.25) is 0 Å². The number of aliphatic hydroxyl groups is 1. The van der Waals surface area contributed by atoms with E-state index in [1.807, 2.05) is 4.90 Å². The number of aliphatic hydroxyl groups excluding tert-OH is 1. The Hall–Kier alpha value is -2.99. The number of alkyl halides is 3. The zero-order valence-electron chi connectivity index (χ0n) is 18.0. The number of nitrogens with zero attached hydrogens (tertiary/aromatic N) is 1. The van der Waals surface area contributed by atoms with Crippen molar-refractivity contribution in [1.82, 2.24) is 0 Å². The largest absolute Gasteiger partial charge is 0.495 e. The van der Waals surface area contributed by atoms with Crippen LogP contribution in [0.2, 0.25) is 0 Å². The molecule has 2 aliphatic heterocycles. The highest BCUT2D eigenvalue weighted by atomic mass is 32.2. The average Bonchev–Trinajstić information content (AvgIpc) is 3.02. The molecule has 184 valence electrons. The smallest absolute Gasteiger partial charge is 0.416 e. The number of methoxy groups -OCH3 is 1. The molecule has 2 aliphatic rings. The second-order valence-corrected chi connectivity index (χ2v) is 10.1. The third kappa shape index (κ3) is 4.51. The molecule has 2 heterocycles. The van der Waals surface area contributed by atoms with E-state index in [-0.39, 0.29) is 34.8 Å². The predicted molar refractivity (Wildman–Crippen MR) is 117 cm³/mol. The summed E-state index contributed by atoms with van der Waals surface area (Å²) in [6.45, 7) is 0. The van der Waals surface area contributed by atoms with E-state index in [2.05, 4.69) is 4.72 Å². The average molecular weight is 500 g/mol. The first-order valence-corrected chi connectivity index (χ1v) is 12.0. The summed E-state index contributed by atoms with van der Waals surface area (Å²) in [7, 11) is -3.35. The van der Waals surface area contributed by atoms with E-state index in [1.54, 1.807) is 0 Å². The van der Waals surface area contributed by atoms with Gasteiger partial charge in [0.25, 0.3) is 10.0 Å².